The van der Waals surface area contributed by atoms with Crippen LogP contribution in [0.1, 0.15) is 24.2 Å². The molecule has 0 bridgehead atoms. The van der Waals surface area contributed by atoms with Gasteiger partial charge in [-0.15, -0.1) is 0 Å². The molecule has 118 valence electrons. The standard InChI is InChI=1S/C12H16Cl2N2O4S/c1-3-20-6-7(2)16-12(17)8-4-11(21(15,18)19)10(14)5-9(8)13/h4-5,7H,3,6H2,1-2H3,(H,16,17)(H2,15,18,19). The maximum atomic E-state index is 12.1. The van der Waals surface area contributed by atoms with Crippen LogP contribution < -0.4 is 10.5 Å². The number of sulfonamides is 1. The lowest BCUT2D eigenvalue weighted by Crippen LogP contribution is -2.36. The van der Waals surface area contributed by atoms with Crippen LogP contribution in [0.3, 0.4) is 0 Å². The minimum atomic E-state index is -4.04. The second-order valence-electron chi connectivity index (χ2n) is 4.34. The molecule has 0 spiro atoms. The third-order valence-corrected chi connectivity index (χ3v) is 4.21. The van der Waals surface area contributed by atoms with E-state index in [0.29, 0.717) is 13.2 Å². The molecule has 6 nitrogen and oxygen atoms in total. The molecule has 9 heteroatoms. The maximum absolute atomic E-state index is 12.1. The zero-order valence-corrected chi connectivity index (χ0v) is 13.8. The summed E-state index contributed by atoms with van der Waals surface area (Å²) in [4.78, 5) is 11.7. The van der Waals surface area contributed by atoms with Gasteiger partial charge in [0.1, 0.15) is 4.90 Å². The smallest absolute Gasteiger partial charge is 0.253 e. The predicted molar refractivity (Wildman–Crippen MR) is 81.3 cm³/mol. The summed E-state index contributed by atoms with van der Waals surface area (Å²) in [6.45, 7) is 4.44. The number of carbonyl (C=O) groups is 1. The van der Waals surface area contributed by atoms with Gasteiger partial charge in [-0.1, -0.05) is 23.2 Å². The van der Waals surface area contributed by atoms with Crippen molar-refractivity contribution in [2.75, 3.05) is 13.2 Å². The van der Waals surface area contributed by atoms with Gasteiger partial charge >= 0.3 is 0 Å². The number of carbonyl (C=O) groups excluding carboxylic acids is 1. The van der Waals surface area contributed by atoms with Gasteiger partial charge in [0.2, 0.25) is 10.0 Å². The Morgan fingerprint density at radius 2 is 2.00 bits per heavy atom. The number of ether oxygens (including phenoxy) is 1. The number of benzene rings is 1. The molecule has 0 saturated carbocycles. The number of rotatable bonds is 6. The third kappa shape index (κ3) is 5.12. The van der Waals surface area contributed by atoms with E-state index in [4.69, 9.17) is 33.1 Å². The fourth-order valence-corrected chi connectivity index (χ4v) is 2.96. The van der Waals surface area contributed by atoms with Gasteiger partial charge < -0.3 is 10.1 Å². The first-order valence-corrected chi connectivity index (χ1v) is 8.37. The number of nitrogens with two attached hydrogens (primary N) is 1. The Balaban J connectivity index is 3.05. The van der Waals surface area contributed by atoms with Crippen LogP contribution in [-0.2, 0) is 14.8 Å². The fourth-order valence-electron chi connectivity index (χ4n) is 1.56. The number of hydrogen-bond acceptors (Lipinski definition) is 4. The third-order valence-electron chi connectivity index (χ3n) is 2.52. The van der Waals surface area contributed by atoms with Gasteiger partial charge in [0.05, 0.1) is 22.2 Å². The summed E-state index contributed by atoms with van der Waals surface area (Å²) < 4.78 is 28.0. The van der Waals surface area contributed by atoms with Gasteiger partial charge in [-0.05, 0) is 26.0 Å². The molecule has 0 heterocycles. The molecule has 1 unspecified atom stereocenters. The second-order valence-corrected chi connectivity index (χ2v) is 6.69. The van der Waals surface area contributed by atoms with Crippen molar-refractivity contribution in [3.63, 3.8) is 0 Å². The van der Waals surface area contributed by atoms with E-state index in [9.17, 15) is 13.2 Å². The maximum Gasteiger partial charge on any atom is 0.253 e. The van der Waals surface area contributed by atoms with E-state index in [1.165, 1.54) is 6.07 Å². The van der Waals surface area contributed by atoms with E-state index in [0.717, 1.165) is 6.07 Å². The number of halogens is 2. The van der Waals surface area contributed by atoms with Gasteiger partial charge in [-0.3, -0.25) is 4.79 Å². The zero-order valence-electron chi connectivity index (χ0n) is 11.5. The van der Waals surface area contributed by atoms with Crippen LogP contribution in [0.2, 0.25) is 10.0 Å². The van der Waals surface area contributed by atoms with Gasteiger partial charge in [0.15, 0.2) is 0 Å². The predicted octanol–water partition coefficient (Wildman–Crippen LogP) is 1.80. The van der Waals surface area contributed by atoms with E-state index in [-0.39, 0.29) is 26.5 Å². The molecular formula is C12H16Cl2N2O4S. The fraction of sp³-hybridized carbons (Fsp3) is 0.417. The van der Waals surface area contributed by atoms with Gasteiger partial charge in [-0.25, -0.2) is 13.6 Å². The largest absolute Gasteiger partial charge is 0.380 e. The number of primary sulfonamides is 1. The summed E-state index contributed by atoms with van der Waals surface area (Å²) >= 11 is 11.7. The first-order chi connectivity index (χ1) is 9.66. The van der Waals surface area contributed by atoms with Crippen molar-refractivity contribution in [1.29, 1.82) is 0 Å². The van der Waals surface area contributed by atoms with Gasteiger partial charge in [0, 0.05) is 12.6 Å². The van der Waals surface area contributed by atoms with E-state index in [1.807, 2.05) is 6.92 Å². The SMILES string of the molecule is CCOCC(C)NC(=O)c1cc(S(N)(=O)=O)c(Cl)cc1Cl. The summed E-state index contributed by atoms with van der Waals surface area (Å²) in [5.74, 6) is -0.534. The van der Waals surface area contributed by atoms with Crippen molar-refractivity contribution in [3.05, 3.63) is 27.7 Å². The molecule has 0 aliphatic heterocycles. The molecule has 3 N–H and O–H groups in total. The van der Waals surface area contributed by atoms with Crippen LogP contribution >= 0.6 is 23.2 Å². The highest BCUT2D eigenvalue weighted by Gasteiger charge is 2.20. The van der Waals surface area contributed by atoms with Crippen LogP contribution in [-0.4, -0.2) is 33.6 Å². The van der Waals surface area contributed by atoms with Crippen molar-refractivity contribution >= 4 is 39.1 Å². The summed E-state index contributed by atoms with van der Waals surface area (Å²) in [6.07, 6.45) is 0. The van der Waals surface area contributed by atoms with E-state index in [1.54, 1.807) is 6.92 Å². The second kappa shape index (κ2) is 7.42. The topological polar surface area (TPSA) is 98.5 Å². The van der Waals surface area contributed by atoms with Crippen molar-refractivity contribution in [1.82, 2.24) is 5.32 Å². The van der Waals surface area contributed by atoms with Gasteiger partial charge in [0.25, 0.3) is 5.91 Å². The molecular weight excluding hydrogens is 339 g/mol. The minimum absolute atomic E-state index is 0.0200. The normalized spacial score (nSPS) is 13.0. The van der Waals surface area contributed by atoms with Gasteiger partial charge in [-0.2, -0.15) is 0 Å². The molecule has 21 heavy (non-hydrogen) atoms. The molecule has 1 aromatic rings. The van der Waals surface area contributed by atoms with Crippen LogP contribution in [0.25, 0.3) is 0 Å². The van der Waals surface area contributed by atoms with Crippen LogP contribution in [0.15, 0.2) is 17.0 Å². The number of nitrogens with one attached hydrogen (secondary N) is 1. The van der Waals surface area contributed by atoms with Crippen molar-refractivity contribution in [2.45, 2.75) is 24.8 Å². The Kier molecular flexibility index (Phi) is 6.42. The zero-order chi connectivity index (χ0) is 16.2. The quantitative estimate of drug-likeness (QED) is 0.813. The summed E-state index contributed by atoms with van der Waals surface area (Å²) in [5.41, 5.74) is -0.0200. The Morgan fingerprint density at radius 1 is 1.38 bits per heavy atom. The average Bonchev–Trinajstić information content (AvgIpc) is 2.34. The summed E-state index contributed by atoms with van der Waals surface area (Å²) in [7, 11) is -4.04. The number of amides is 1. The molecule has 0 aliphatic rings. The monoisotopic (exact) mass is 354 g/mol. The van der Waals surface area contributed by atoms with E-state index >= 15 is 0 Å². The van der Waals surface area contributed by atoms with Crippen LogP contribution in [0.5, 0.6) is 0 Å². The number of hydrogen-bond donors (Lipinski definition) is 2. The van der Waals surface area contributed by atoms with Crippen molar-refractivity contribution in [3.8, 4) is 0 Å². The summed E-state index contributed by atoms with van der Waals surface area (Å²) in [6, 6.07) is 1.97. The Labute approximate surface area is 133 Å². The van der Waals surface area contributed by atoms with E-state index < -0.39 is 15.9 Å². The van der Waals surface area contributed by atoms with Crippen molar-refractivity contribution in [2.24, 2.45) is 5.14 Å². The lowest BCUT2D eigenvalue weighted by molar-refractivity contribution is 0.0872. The van der Waals surface area contributed by atoms with Crippen LogP contribution in [0, 0.1) is 0 Å². The first kappa shape index (κ1) is 18.2. The highest BCUT2D eigenvalue weighted by atomic mass is 35.5. The molecule has 0 saturated heterocycles. The van der Waals surface area contributed by atoms with Crippen molar-refractivity contribution < 1.29 is 17.9 Å². The molecule has 0 aliphatic carbocycles. The minimum Gasteiger partial charge on any atom is -0.380 e. The lowest BCUT2D eigenvalue weighted by atomic mass is 10.2. The Bertz CT molecular complexity index is 634. The molecule has 0 radical (unpaired) electrons. The Hall–Kier alpha value is -0.860. The molecule has 1 amide bonds. The molecule has 1 atom stereocenters. The molecule has 0 aromatic heterocycles. The molecule has 1 aromatic carbocycles. The van der Waals surface area contributed by atoms with E-state index in [2.05, 4.69) is 5.32 Å². The molecule has 0 fully saturated rings. The summed E-state index contributed by atoms with van der Waals surface area (Å²) in [5, 5.41) is 7.58. The lowest BCUT2D eigenvalue weighted by Gasteiger charge is -2.15. The Morgan fingerprint density at radius 3 is 2.52 bits per heavy atom. The first-order valence-electron chi connectivity index (χ1n) is 6.07. The van der Waals surface area contributed by atoms with Crippen LogP contribution in [0.4, 0.5) is 0 Å². The highest BCUT2D eigenvalue weighted by Crippen LogP contribution is 2.28. The average molecular weight is 355 g/mol. The highest BCUT2D eigenvalue weighted by molar-refractivity contribution is 7.89. The molecule has 1 rings (SSSR count).